The van der Waals surface area contributed by atoms with Crippen molar-refractivity contribution in [3.05, 3.63) is 0 Å². The van der Waals surface area contributed by atoms with E-state index in [4.69, 9.17) is 0 Å². The summed E-state index contributed by atoms with van der Waals surface area (Å²) in [6, 6.07) is 0. The first kappa shape index (κ1) is 13.9. The zero-order valence-corrected chi connectivity index (χ0v) is 10.9. The van der Waals surface area contributed by atoms with Crippen LogP contribution in [-0.2, 0) is 0 Å². The number of hydrogen-bond acceptors (Lipinski definition) is 2. The monoisotopic (exact) mass is 200 g/mol. The van der Waals surface area contributed by atoms with Crippen LogP contribution in [0.15, 0.2) is 0 Å². The molecule has 0 heterocycles. The van der Waals surface area contributed by atoms with Crippen molar-refractivity contribution in [3.8, 4) is 0 Å². The third-order valence-electron chi connectivity index (χ3n) is 2.69. The molecule has 0 unspecified atom stereocenters. The van der Waals surface area contributed by atoms with E-state index in [9.17, 15) is 0 Å². The molecule has 86 valence electrons. The third-order valence-corrected chi connectivity index (χ3v) is 2.69. The Morgan fingerprint density at radius 3 is 1.86 bits per heavy atom. The van der Waals surface area contributed by atoms with E-state index in [1.54, 1.807) is 0 Å². The molecule has 0 rings (SSSR count). The Morgan fingerprint density at radius 2 is 1.50 bits per heavy atom. The summed E-state index contributed by atoms with van der Waals surface area (Å²) in [7, 11) is 2.21. The molecule has 0 bridgehead atoms. The van der Waals surface area contributed by atoms with Crippen molar-refractivity contribution in [2.45, 2.75) is 46.6 Å². The van der Waals surface area contributed by atoms with Gasteiger partial charge in [0, 0.05) is 18.6 Å². The summed E-state index contributed by atoms with van der Waals surface area (Å²) in [4.78, 5) is 4.94. The predicted octanol–water partition coefficient (Wildman–Crippen LogP) is 2.45. The maximum Gasteiger partial charge on any atom is 0.0125 e. The van der Waals surface area contributed by atoms with E-state index in [-0.39, 0.29) is 0 Å². The first-order chi connectivity index (χ1) is 6.41. The van der Waals surface area contributed by atoms with E-state index < -0.39 is 0 Å². The maximum absolute atomic E-state index is 2.53. The van der Waals surface area contributed by atoms with E-state index in [1.165, 1.54) is 26.1 Å². The summed E-state index contributed by atoms with van der Waals surface area (Å²) < 4.78 is 0. The Bertz CT molecular complexity index is 138. The molecule has 0 spiro atoms. The molecule has 0 atom stereocenters. The number of hydrogen-bond donors (Lipinski definition) is 0. The minimum Gasteiger partial charge on any atom is -0.305 e. The van der Waals surface area contributed by atoms with E-state index in [0.717, 1.165) is 6.54 Å². The lowest BCUT2D eigenvalue weighted by atomic mass is 10.1. The van der Waals surface area contributed by atoms with Gasteiger partial charge in [0.15, 0.2) is 0 Å². The van der Waals surface area contributed by atoms with E-state index in [1.807, 2.05) is 0 Å². The second-order valence-electron chi connectivity index (χ2n) is 5.05. The molecule has 2 heteroatoms. The van der Waals surface area contributed by atoms with Gasteiger partial charge in [-0.15, -0.1) is 0 Å². The van der Waals surface area contributed by atoms with Gasteiger partial charge in [-0.1, -0.05) is 13.8 Å². The molecule has 0 saturated carbocycles. The lowest BCUT2D eigenvalue weighted by Crippen LogP contribution is -2.44. The predicted molar refractivity (Wildman–Crippen MR) is 64.8 cm³/mol. The Labute approximate surface area is 90.3 Å². The zero-order chi connectivity index (χ0) is 11.2. The van der Waals surface area contributed by atoms with Gasteiger partial charge in [-0.25, -0.2) is 0 Å². The standard InChI is InChI=1S/C12H28N2/c1-7-9-13(6)10-11-14(8-2)12(3,4)5/h7-11H2,1-6H3. The smallest absolute Gasteiger partial charge is 0.0125 e. The van der Waals surface area contributed by atoms with Crippen LogP contribution < -0.4 is 0 Å². The van der Waals surface area contributed by atoms with E-state index in [0.29, 0.717) is 5.54 Å². The molecular formula is C12H28N2. The van der Waals surface area contributed by atoms with Crippen molar-refractivity contribution in [3.63, 3.8) is 0 Å². The van der Waals surface area contributed by atoms with Gasteiger partial charge in [0.2, 0.25) is 0 Å². The minimum absolute atomic E-state index is 0.307. The number of rotatable bonds is 6. The van der Waals surface area contributed by atoms with Crippen LogP contribution in [-0.4, -0.2) is 48.6 Å². The summed E-state index contributed by atoms with van der Waals surface area (Å²) in [6.45, 7) is 16.0. The molecule has 0 saturated heterocycles. The largest absolute Gasteiger partial charge is 0.305 e. The second kappa shape index (κ2) is 6.41. The van der Waals surface area contributed by atoms with Gasteiger partial charge in [-0.2, -0.15) is 0 Å². The molecule has 0 aromatic carbocycles. The first-order valence-corrected chi connectivity index (χ1v) is 5.85. The number of likely N-dealkylation sites (N-methyl/N-ethyl adjacent to an activating group) is 2. The Hall–Kier alpha value is -0.0800. The maximum atomic E-state index is 2.53. The number of nitrogens with zero attached hydrogens (tertiary/aromatic N) is 2. The average molecular weight is 200 g/mol. The van der Waals surface area contributed by atoms with Crippen LogP contribution in [0.3, 0.4) is 0 Å². The fraction of sp³-hybridized carbons (Fsp3) is 1.00. The summed E-state index contributed by atoms with van der Waals surface area (Å²) >= 11 is 0. The minimum atomic E-state index is 0.307. The van der Waals surface area contributed by atoms with Crippen LogP contribution in [0.25, 0.3) is 0 Å². The van der Waals surface area contributed by atoms with E-state index >= 15 is 0 Å². The topological polar surface area (TPSA) is 6.48 Å². The van der Waals surface area contributed by atoms with Gasteiger partial charge in [0.1, 0.15) is 0 Å². The Morgan fingerprint density at radius 1 is 0.929 bits per heavy atom. The van der Waals surface area contributed by atoms with Crippen LogP contribution >= 0.6 is 0 Å². The average Bonchev–Trinajstić information content (AvgIpc) is 2.03. The van der Waals surface area contributed by atoms with Gasteiger partial charge in [-0.05, 0) is 47.3 Å². The third kappa shape index (κ3) is 5.61. The first-order valence-electron chi connectivity index (χ1n) is 5.85. The fourth-order valence-electron chi connectivity index (χ4n) is 1.75. The van der Waals surface area contributed by atoms with Gasteiger partial charge in [-0.3, -0.25) is 4.90 Å². The van der Waals surface area contributed by atoms with Crippen LogP contribution in [0.5, 0.6) is 0 Å². The highest BCUT2D eigenvalue weighted by atomic mass is 15.2. The fourth-order valence-corrected chi connectivity index (χ4v) is 1.75. The molecular weight excluding hydrogens is 172 g/mol. The van der Waals surface area contributed by atoms with Gasteiger partial charge < -0.3 is 4.90 Å². The van der Waals surface area contributed by atoms with Crippen LogP contribution in [0, 0.1) is 0 Å². The Balaban J connectivity index is 3.84. The summed E-state index contributed by atoms with van der Waals surface area (Å²) in [5, 5.41) is 0. The van der Waals surface area contributed by atoms with Gasteiger partial charge >= 0.3 is 0 Å². The van der Waals surface area contributed by atoms with E-state index in [2.05, 4.69) is 51.5 Å². The highest BCUT2D eigenvalue weighted by molar-refractivity contribution is 4.75. The summed E-state index contributed by atoms with van der Waals surface area (Å²) in [5.74, 6) is 0. The molecule has 0 aromatic heterocycles. The van der Waals surface area contributed by atoms with Crippen molar-refractivity contribution >= 4 is 0 Å². The molecule has 2 nitrogen and oxygen atoms in total. The lowest BCUT2D eigenvalue weighted by Gasteiger charge is -2.35. The lowest BCUT2D eigenvalue weighted by molar-refractivity contribution is 0.128. The molecule has 0 radical (unpaired) electrons. The molecule has 0 N–H and O–H groups in total. The molecule has 14 heavy (non-hydrogen) atoms. The molecule has 0 aromatic rings. The SMILES string of the molecule is CCCN(C)CCN(CC)C(C)(C)C. The summed E-state index contributed by atoms with van der Waals surface area (Å²) in [5.41, 5.74) is 0.307. The molecule has 0 aliphatic heterocycles. The van der Waals surface area contributed by atoms with Crippen LogP contribution in [0.4, 0.5) is 0 Å². The molecule has 0 fully saturated rings. The van der Waals surface area contributed by atoms with Gasteiger partial charge in [0.05, 0.1) is 0 Å². The van der Waals surface area contributed by atoms with Gasteiger partial charge in [0.25, 0.3) is 0 Å². The van der Waals surface area contributed by atoms with Crippen molar-refractivity contribution in [2.24, 2.45) is 0 Å². The highest BCUT2D eigenvalue weighted by Crippen LogP contribution is 2.11. The van der Waals surface area contributed by atoms with Crippen molar-refractivity contribution < 1.29 is 0 Å². The summed E-state index contributed by atoms with van der Waals surface area (Å²) in [6.07, 6.45) is 1.25. The van der Waals surface area contributed by atoms with Crippen molar-refractivity contribution in [1.29, 1.82) is 0 Å². The molecule has 0 aliphatic rings. The second-order valence-corrected chi connectivity index (χ2v) is 5.05. The van der Waals surface area contributed by atoms with Crippen LogP contribution in [0.1, 0.15) is 41.0 Å². The zero-order valence-electron chi connectivity index (χ0n) is 10.9. The quantitative estimate of drug-likeness (QED) is 0.650. The van der Waals surface area contributed by atoms with Crippen LogP contribution in [0.2, 0.25) is 0 Å². The van der Waals surface area contributed by atoms with Crippen molar-refractivity contribution in [1.82, 2.24) is 9.80 Å². The normalized spacial score (nSPS) is 12.9. The van der Waals surface area contributed by atoms with Crippen molar-refractivity contribution in [2.75, 3.05) is 33.2 Å². The molecule has 0 aliphatic carbocycles. The Kier molecular flexibility index (Phi) is 6.38. The molecule has 0 amide bonds. The highest BCUT2D eigenvalue weighted by Gasteiger charge is 2.18.